The number of benzene rings is 1. The summed E-state index contributed by atoms with van der Waals surface area (Å²) in [6.45, 7) is 5.47. The molecule has 1 N–H and O–H groups in total. The van der Waals surface area contributed by atoms with E-state index >= 15 is 0 Å². The molecule has 156 valence electrons. The highest BCUT2D eigenvalue weighted by molar-refractivity contribution is 6.07. The third-order valence-corrected chi connectivity index (χ3v) is 6.47. The van der Waals surface area contributed by atoms with E-state index < -0.39 is 5.54 Å². The first kappa shape index (κ1) is 19.7. The van der Waals surface area contributed by atoms with Crippen molar-refractivity contribution in [2.75, 3.05) is 37.6 Å². The van der Waals surface area contributed by atoms with E-state index in [0.29, 0.717) is 32.5 Å². The average molecular weight is 399 g/mol. The minimum Gasteiger partial charge on any atom is -0.368 e. The Hall–Kier alpha value is -2.57. The fraction of sp³-hybridized carbons (Fsp3) is 0.591. The fourth-order valence-corrected chi connectivity index (χ4v) is 4.78. The Morgan fingerprint density at radius 2 is 1.83 bits per heavy atom. The zero-order valence-electron chi connectivity index (χ0n) is 17.2. The third-order valence-electron chi connectivity index (χ3n) is 6.47. The van der Waals surface area contributed by atoms with Gasteiger partial charge in [-0.1, -0.05) is 25.0 Å². The lowest BCUT2D eigenvalue weighted by atomic mass is 9.98. The number of hydrogen-bond donors (Lipinski definition) is 1. The maximum Gasteiger partial charge on any atom is 0.325 e. The Labute approximate surface area is 172 Å². The molecule has 4 rings (SSSR count). The zero-order valence-corrected chi connectivity index (χ0v) is 17.2. The van der Waals surface area contributed by atoms with Crippen molar-refractivity contribution >= 4 is 23.5 Å². The maximum absolute atomic E-state index is 12.7. The van der Waals surface area contributed by atoms with E-state index in [2.05, 4.69) is 41.4 Å². The Morgan fingerprint density at radius 1 is 1.10 bits per heavy atom. The molecular weight excluding hydrogens is 368 g/mol. The number of imide groups is 1. The molecule has 2 aliphatic heterocycles. The van der Waals surface area contributed by atoms with Gasteiger partial charge in [-0.25, -0.2) is 4.79 Å². The number of carbonyl (C=O) groups is 3. The van der Waals surface area contributed by atoms with Gasteiger partial charge in [0, 0.05) is 44.8 Å². The van der Waals surface area contributed by atoms with Crippen molar-refractivity contribution in [1.82, 2.24) is 15.1 Å². The van der Waals surface area contributed by atoms with Crippen LogP contribution in [0.2, 0.25) is 0 Å². The van der Waals surface area contributed by atoms with Crippen molar-refractivity contribution in [3.8, 4) is 0 Å². The van der Waals surface area contributed by atoms with Crippen LogP contribution in [-0.4, -0.2) is 65.9 Å². The van der Waals surface area contributed by atoms with Crippen molar-refractivity contribution in [3.05, 3.63) is 29.8 Å². The molecule has 3 aliphatic rings. The van der Waals surface area contributed by atoms with Gasteiger partial charge in [0.1, 0.15) is 5.54 Å². The number of rotatable bonds is 5. The standard InChI is InChI=1S/C22H30N4O3/c1-17-6-4-7-18(16-17)24-12-14-25(15-13-24)19(27)8-5-11-26-20(28)22(23-21(26)29)9-2-3-10-22/h4,6-7,16H,2-3,5,8-15H2,1H3,(H,23,29). The first-order valence-electron chi connectivity index (χ1n) is 10.7. The van der Waals surface area contributed by atoms with E-state index in [1.807, 2.05) is 4.90 Å². The summed E-state index contributed by atoms with van der Waals surface area (Å²) >= 11 is 0. The van der Waals surface area contributed by atoms with Gasteiger partial charge >= 0.3 is 6.03 Å². The molecule has 29 heavy (non-hydrogen) atoms. The van der Waals surface area contributed by atoms with E-state index in [9.17, 15) is 14.4 Å². The van der Waals surface area contributed by atoms with Gasteiger partial charge in [-0.3, -0.25) is 14.5 Å². The maximum atomic E-state index is 12.7. The molecule has 1 aromatic carbocycles. The van der Waals surface area contributed by atoms with Gasteiger partial charge in [-0.2, -0.15) is 0 Å². The van der Waals surface area contributed by atoms with E-state index in [1.54, 1.807) is 0 Å². The van der Waals surface area contributed by atoms with Crippen molar-refractivity contribution < 1.29 is 14.4 Å². The molecule has 0 aromatic heterocycles. The number of anilines is 1. The predicted molar refractivity (Wildman–Crippen MR) is 111 cm³/mol. The highest BCUT2D eigenvalue weighted by atomic mass is 16.2. The lowest BCUT2D eigenvalue weighted by molar-refractivity contribution is -0.133. The van der Waals surface area contributed by atoms with Gasteiger partial charge in [0.15, 0.2) is 0 Å². The number of nitrogens with one attached hydrogen (secondary N) is 1. The summed E-state index contributed by atoms with van der Waals surface area (Å²) in [7, 11) is 0. The van der Waals surface area contributed by atoms with Crippen LogP contribution in [-0.2, 0) is 9.59 Å². The summed E-state index contributed by atoms with van der Waals surface area (Å²) in [5.74, 6) is 0.00995. The van der Waals surface area contributed by atoms with Gasteiger partial charge in [-0.05, 0) is 43.9 Å². The molecule has 0 atom stereocenters. The topological polar surface area (TPSA) is 73.0 Å². The van der Waals surface area contributed by atoms with Crippen molar-refractivity contribution in [2.45, 2.75) is 51.0 Å². The second kappa shape index (κ2) is 8.05. The Balaban J connectivity index is 1.23. The summed E-state index contributed by atoms with van der Waals surface area (Å²) in [6, 6.07) is 8.14. The van der Waals surface area contributed by atoms with Gasteiger partial charge in [0.05, 0.1) is 0 Å². The van der Waals surface area contributed by atoms with Gasteiger partial charge in [0.2, 0.25) is 5.91 Å². The van der Waals surface area contributed by atoms with Gasteiger partial charge < -0.3 is 15.1 Å². The normalized spacial score (nSPS) is 21.2. The molecule has 3 fully saturated rings. The largest absolute Gasteiger partial charge is 0.368 e. The third kappa shape index (κ3) is 3.95. The Bertz CT molecular complexity index is 795. The lowest BCUT2D eigenvalue weighted by Gasteiger charge is -2.36. The van der Waals surface area contributed by atoms with Crippen LogP contribution in [0.25, 0.3) is 0 Å². The predicted octanol–water partition coefficient (Wildman–Crippen LogP) is 2.29. The molecule has 1 saturated carbocycles. The minimum atomic E-state index is -0.660. The SMILES string of the molecule is Cc1cccc(N2CCN(C(=O)CCCN3C(=O)NC4(CCCC4)C3=O)CC2)c1. The number of aryl methyl sites for hydroxylation is 1. The average Bonchev–Trinajstić information content (AvgIpc) is 3.28. The zero-order chi connectivity index (χ0) is 20.4. The van der Waals surface area contributed by atoms with Crippen molar-refractivity contribution in [3.63, 3.8) is 0 Å². The first-order chi connectivity index (χ1) is 14.0. The highest BCUT2D eigenvalue weighted by Crippen LogP contribution is 2.35. The van der Waals surface area contributed by atoms with Gasteiger partial charge in [0.25, 0.3) is 5.91 Å². The van der Waals surface area contributed by atoms with Crippen LogP contribution in [0.1, 0.15) is 44.1 Å². The Morgan fingerprint density at radius 3 is 2.52 bits per heavy atom. The first-order valence-corrected chi connectivity index (χ1v) is 10.7. The minimum absolute atomic E-state index is 0.0979. The second-order valence-corrected chi connectivity index (χ2v) is 8.49. The number of amides is 4. The van der Waals surface area contributed by atoms with E-state index in [0.717, 1.165) is 38.8 Å². The number of piperazine rings is 1. The molecule has 7 nitrogen and oxygen atoms in total. The second-order valence-electron chi connectivity index (χ2n) is 8.49. The molecule has 1 aromatic rings. The van der Waals surface area contributed by atoms with Crippen LogP contribution in [0.3, 0.4) is 0 Å². The smallest absolute Gasteiger partial charge is 0.325 e. The number of nitrogens with zero attached hydrogens (tertiary/aromatic N) is 3. The molecule has 2 saturated heterocycles. The van der Waals surface area contributed by atoms with Crippen LogP contribution in [0.15, 0.2) is 24.3 Å². The molecule has 4 amide bonds. The number of hydrogen-bond acceptors (Lipinski definition) is 4. The molecule has 1 spiro atoms. The summed E-state index contributed by atoms with van der Waals surface area (Å²) in [5, 5.41) is 2.89. The van der Waals surface area contributed by atoms with E-state index in [-0.39, 0.29) is 17.8 Å². The van der Waals surface area contributed by atoms with E-state index in [1.165, 1.54) is 16.2 Å². The monoisotopic (exact) mass is 398 g/mol. The summed E-state index contributed by atoms with van der Waals surface area (Å²) in [6.07, 6.45) is 4.32. The van der Waals surface area contributed by atoms with E-state index in [4.69, 9.17) is 0 Å². The van der Waals surface area contributed by atoms with Crippen LogP contribution in [0.4, 0.5) is 10.5 Å². The molecule has 7 heteroatoms. The van der Waals surface area contributed by atoms with Crippen molar-refractivity contribution in [2.24, 2.45) is 0 Å². The molecule has 0 radical (unpaired) electrons. The Kier molecular flexibility index (Phi) is 5.48. The number of urea groups is 1. The van der Waals surface area contributed by atoms with Crippen molar-refractivity contribution in [1.29, 1.82) is 0 Å². The highest BCUT2D eigenvalue weighted by Gasteiger charge is 2.52. The summed E-state index contributed by atoms with van der Waals surface area (Å²) in [4.78, 5) is 43.0. The van der Waals surface area contributed by atoms with Crippen LogP contribution in [0, 0.1) is 6.92 Å². The molecule has 1 aliphatic carbocycles. The van der Waals surface area contributed by atoms with Crippen LogP contribution >= 0.6 is 0 Å². The molecular formula is C22H30N4O3. The fourth-order valence-electron chi connectivity index (χ4n) is 4.78. The number of carbonyl (C=O) groups excluding carboxylic acids is 3. The van der Waals surface area contributed by atoms with Crippen LogP contribution < -0.4 is 10.2 Å². The lowest BCUT2D eigenvalue weighted by Crippen LogP contribution is -2.49. The molecule has 0 unspecified atom stereocenters. The summed E-state index contributed by atoms with van der Waals surface area (Å²) < 4.78 is 0. The molecule has 2 heterocycles. The molecule has 0 bridgehead atoms. The quantitative estimate of drug-likeness (QED) is 0.773. The van der Waals surface area contributed by atoms with Crippen LogP contribution in [0.5, 0.6) is 0 Å². The summed E-state index contributed by atoms with van der Waals surface area (Å²) in [5.41, 5.74) is 1.78. The van der Waals surface area contributed by atoms with Gasteiger partial charge in [-0.15, -0.1) is 0 Å².